The molecule has 0 atom stereocenters. The fourth-order valence-electron chi connectivity index (χ4n) is 1.65. The van der Waals surface area contributed by atoms with Crippen molar-refractivity contribution in [2.45, 2.75) is 32.7 Å². The van der Waals surface area contributed by atoms with Gasteiger partial charge in [-0.15, -0.1) is 0 Å². The zero-order valence-corrected chi connectivity index (χ0v) is 10.9. The molecule has 0 unspecified atom stereocenters. The van der Waals surface area contributed by atoms with Gasteiger partial charge in [0.15, 0.2) is 0 Å². The molecule has 2 heterocycles. The molecule has 96 valence electrons. The average molecular weight is 245 g/mol. The Morgan fingerprint density at radius 3 is 2.94 bits per heavy atom. The Morgan fingerprint density at radius 2 is 2.22 bits per heavy atom. The Balaban J connectivity index is 1.78. The highest BCUT2D eigenvalue weighted by Crippen LogP contribution is 2.10. The third kappa shape index (κ3) is 3.55. The molecule has 0 aliphatic rings. The predicted molar refractivity (Wildman–Crippen MR) is 71.5 cm³/mol. The second-order valence-electron chi connectivity index (χ2n) is 4.54. The van der Waals surface area contributed by atoms with Crippen molar-refractivity contribution in [1.29, 1.82) is 0 Å². The molecule has 5 heteroatoms. The van der Waals surface area contributed by atoms with Crippen LogP contribution in [0.3, 0.4) is 0 Å². The molecule has 0 saturated carbocycles. The van der Waals surface area contributed by atoms with Gasteiger partial charge in [0, 0.05) is 37.6 Å². The Bertz CT molecular complexity index is 464. The zero-order valence-electron chi connectivity index (χ0n) is 10.9. The summed E-state index contributed by atoms with van der Waals surface area (Å²) in [6, 6.07) is 1.91. The van der Waals surface area contributed by atoms with E-state index in [4.69, 9.17) is 0 Å². The van der Waals surface area contributed by atoms with E-state index in [1.807, 2.05) is 18.6 Å². The van der Waals surface area contributed by atoms with Crippen LogP contribution in [0, 0.1) is 0 Å². The van der Waals surface area contributed by atoms with Crippen LogP contribution in [-0.2, 0) is 6.54 Å². The zero-order chi connectivity index (χ0) is 12.8. The summed E-state index contributed by atoms with van der Waals surface area (Å²) >= 11 is 0. The van der Waals surface area contributed by atoms with Gasteiger partial charge in [-0.05, 0) is 12.5 Å². The molecule has 5 nitrogen and oxygen atoms in total. The fraction of sp³-hybridized carbons (Fsp3) is 0.462. The summed E-state index contributed by atoms with van der Waals surface area (Å²) in [6.45, 7) is 6.05. The van der Waals surface area contributed by atoms with Crippen LogP contribution in [0.4, 0.5) is 5.82 Å². The van der Waals surface area contributed by atoms with Crippen molar-refractivity contribution in [3.63, 3.8) is 0 Å². The molecule has 0 aliphatic carbocycles. The van der Waals surface area contributed by atoms with E-state index in [1.54, 1.807) is 12.4 Å². The first-order chi connectivity index (χ1) is 8.75. The maximum atomic E-state index is 4.47. The molecule has 18 heavy (non-hydrogen) atoms. The van der Waals surface area contributed by atoms with Gasteiger partial charge in [-0.3, -0.25) is 0 Å². The van der Waals surface area contributed by atoms with Gasteiger partial charge in [0.1, 0.15) is 11.6 Å². The average Bonchev–Trinajstić information content (AvgIpc) is 2.88. The van der Waals surface area contributed by atoms with Crippen LogP contribution in [0.15, 0.2) is 31.0 Å². The van der Waals surface area contributed by atoms with E-state index in [0.29, 0.717) is 5.92 Å². The number of hydrogen-bond donors (Lipinski definition) is 1. The van der Waals surface area contributed by atoms with E-state index < -0.39 is 0 Å². The molecular weight excluding hydrogens is 226 g/mol. The van der Waals surface area contributed by atoms with Gasteiger partial charge in [0.25, 0.3) is 0 Å². The fourth-order valence-corrected chi connectivity index (χ4v) is 1.65. The van der Waals surface area contributed by atoms with Crippen molar-refractivity contribution in [3.05, 3.63) is 36.8 Å². The molecule has 1 N–H and O–H groups in total. The second-order valence-corrected chi connectivity index (χ2v) is 4.54. The molecule has 0 fully saturated rings. The molecule has 2 rings (SSSR count). The van der Waals surface area contributed by atoms with Crippen LogP contribution >= 0.6 is 0 Å². The molecule has 2 aromatic heterocycles. The smallest absolute Gasteiger partial charge is 0.133 e. The van der Waals surface area contributed by atoms with Crippen molar-refractivity contribution in [2.75, 3.05) is 11.9 Å². The van der Waals surface area contributed by atoms with Gasteiger partial charge >= 0.3 is 0 Å². The highest BCUT2D eigenvalue weighted by Gasteiger charge is 2.02. The summed E-state index contributed by atoms with van der Waals surface area (Å²) in [5.74, 6) is 2.15. The number of anilines is 1. The van der Waals surface area contributed by atoms with Gasteiger partial charge in [-0.2, -0.15) is 0 Å². The lowest BCUT2D eigenvalue weighted by Gasteiger charge is -2.08. The Labute approximate surface area is 107 Å². The molecule has 0 aromatic carbocycles. The molecule has 0 aliphatic heterocycles. The quantitative estimate of drug-likeness (QED) is 0.793. The van der Waals surface area contributed by atoms with E-state index in [1.165, 1.54) is 0 Å². The van der Waals surface area contributed by atoms with Crippen molar-refractivity contribution in [2.24, 2.45) is 0 Å². The summed E-state index contributed by atoms with van der Waals surface area (Å²) in [5, 5.41) is 3.32. The summed E-state index contributed by atoms with van der Waals surface area (Å²) in [7, 11) is 0. The van der Waals surface area contributed by atoms with Gasteiger partial charge in [0.2, 0.25) is 0 Å². The van der Waals surface area contributed by atoms with E-state index in [0.717, 1.165) is 31.2 Å². The molecule has 0 spiro atoms. The van der Waals surface area contributed by atoms with Gasteiger partial charge in [0.05, 0.1) is 6.33 Å². The number of hydrogen-bond acceptors (Lipinski definition) is 4. The predicted octanol–water partition coefficient (Wildman–Crippen LogP) is 2.30. The molecule has 0 bridgehead atoms. The number of rotatable bonds is 6. The third-order valence-electron chi connectivity index (χ3n) is 2.65. The van der Waals surface area contributed by atoms with Crippen LogP contribution in [0.2, 0.25) is 0 Å². The van der Waals surface area contributed by atoms with Crippen molar-refractivity contribution < 1.29 is 0 Å². The SMILES string of the molecule is CC(C)c1nccc(NCCCn2ccnc2)n1. The van der Waals surface area contributed by atoms with Crippen LogP contribution < -0.4 is 5.32 Å². The van der Waals surface area contributed by atoms with Gasteiger partial charge in [-0.25, -0.2) is 15.0 Å². The third-order valence-corrected chi connectivity index (χ3v) is 2.65. The second kappa shape index (κ2) is 6.14. The minimum atomic E-state index is 0.359. The first-order valence-electron chi connectivity index (χ1n) is 6.28. The lowest BCUT2D eigenvalue weighted by Crippen LogP contribution is -2.08. The number of imidazole rings is 1. The number of aromatic nitrogens is 4. The van der Waals surface area contributed by atoms with Gasteiger partial charge in [-0.1, -0.05) is 13.8 Å². The monoisotopic (exact) mass is 245 g/mol. The number of aryl methyl sites for hydroxylation is 1. The molecule has 0 radical (unpaired) electrons. The van der Waals surface area contributed by atoms with Crippen LogP contribution in [0.25, 0.3) is 0 Å². The van der Waals surface area contributed by atoms with E-state index in [2.05, 4.69) is 38.7 Å². The maximum Gasteiger partial charge on any atom is 0.133 e. The summed E-state index contributed by atoms with van der Waals surface area (Å²) in [5.41, 5.74) is 0. The summed E-state index contributed by atoms with van der Waals surface area (Å²) in [4.78, 5) is 12.7. The largest absolute Gasteiger partial charge is 0.370 e. The molecular formula is C13H19N5. The Morgan fingerprint density at radius 1 is 1.33 bits per heavy atom. The number of nitrogens with zero attached hydrogens (tertiary/aromatic N) is 4. The highest BCUT2D eigenvalue weighted by atomic mass is 15.0. The number of nitrogens with one attached hydrogen (secondary N) is 1. The highest BCUT2D eigenvalue weighted by molar-refractivity contribution is 5.33. The van der Waals surface area contributed by atoms with Crippen molar-refractivity contribution >= 4 is 5.82 Å². The molecule has 0 saturated heterocycles. The van der Waals surface area contributed by atoms with Crippen molar-refractivity contribution in [1.82, 2.24) is 19.5 Å². The van der Waals surface area contributed by atoms with E-state index in [-0.39, 0.29) is 0 Å². The Hall–Kier alpha value is -1.91. The van der Waals surface area contributed by atoms with E-state index >= 15 is 0 Å². The summed E-state index contributed by atoms with van der Waals surface area (Å²) < 4.78 is 2.07. The minimum absolute atomic E-state index is 0.359. The van der Waals surface area contributed by atoms with Crippen LogP contribution in [0.1, 0.15) is 32.0 Å². The standard InChI is InChI=1S/C13H19N5/c1-11(2)13-16-6-4-12(17-13)15-5-3-8-18-9-7-14-10-18/h4,6-7,9-11H,3,5,8H2,1-2H3,(H,15,16,17). The minimum Gasteiger partial charge on any atom is -0.370 e. The lowest BCUT2D eigenvalue weighted by molar-refractivity contribution is 0.659. The molecule has 0 amide bonds. The van der Waals surface area contributed by atoms with E-state index in [9.17, 15) is 0 Å². The van der Waals surface area contributed by atoms with Gasteiger partial charge < -0.3 is 9.88 Å². The topological polar surface area (TPSA) is 55.6 Å². The van der Waals surface area contributed by atoms with Crippen LogP contribution in [0.5, 0.6) is 0 Å². The van der Waals surface area contributed by atoms with Crippen molar-refractivity contribution in [3.8, 4) is 0 Å². The Kier molecular flexibility index (Phi) is 4.28. The normalized spacial score (nSPS) is 10.8. The summed E-state index contributed by atoms with van der Waals surface area (Å²) in [6.07, 6.45) is 8.45. The van der Waals surface area contributed by atoms with Crippen LogP contribution in [-0.4, -0.2) is 26.1 Å². The first kappa shape index (κ1) is 12.5. The lowest BCUT2D eigenvalue weighted by atomic mass is 10.2. The molecule has 2 aromatic rings. The maximum absolute atomic E-state index is 4.47. The first-order valence-corrected chi connectivity index (χ1v) is 6.28.